The van der Waals surface area contributed by atoms with Gasteiger partial charge in [0.15, 0.2) is 0 Å². The van der Waals surface area contributed by atoms with Crippen molar-refractivity contribution >= 4 is 34.2 Å². The van der Waals surface area contributed by atoms with Gasteiger partial charge in [0.1, 0.15) is 5.75 Å². The van der Waals surface area contributed by atoms with Crippen LogP contribution in [0.25, 0.3) is 10.8 Å². The lowest BCUT2D eigenvalue weighted by Gasteiger charge is -2.31. The van der Waals surface area contributed by atoms with Gasteiger partial charge in [-0.3, -0.25) is 14.4 Å². The van der Waals surface area contributed by atoms with Crippen molar-refractivity contribution in [2.24, 2.45) is 5.92 Å². The molecule has 0 aromatic heterocycles. The van der Waals surface area contributed by atoms with Gasteiger partial charge in [0.05, 0.1) is 12.8 Å². The summed E-state index contributed by atoms with van der Waals surface area (Å²) in [5.41, 5.74) is 1.62. The lowest BCUT2D eigenvalue weighted by atomic mass is 9.94. The standard InChI is InChI=1S/C27H29N3O4/c1-29(2)26(32)20-11-12-24(34-3)23(17-20)28-25(31)19-13-15-30(16-14-19)27(33)22-10-6-8-18-7-4-5-9-21(18)22/h4-12,17,19H,13-16H2,1-3H3,(H,28,31). The number of ether oxygens (including phenoxy) is 1. The van der Waals surface area contributed by atoms with Gasteiger partial charge in [-0.2, -0.15) is 0 Å². The van der Waals surface area contributed by atoms with E-state index in [1.54, 1.807) is 32.3 Å². The molecule has 1 heterocycles. The third kappa shape index (κ3) is 4.73. The Morgan fingerprint density at radius 2 is 1.68 bits per heavy atom. The molecule has 7 nitrogen and oxygen atoms in total. The van der Waals surface area contributed by atoms with E-state index in [4.69, 9.17) is 4.74 Å². The van der Waals surface area contributed by atoms with Gasteiger partial charge in [-0.15, -0.1) is 0 Å². The van der Waals surface area contributed by atoms with E-state index in [0.29, 0.717) is 48.5 Å². The Balaban J connectivity index is 1.43. The van der Waals surface area contributed by atoms with Crippen molar-refractivity contribution < 1.29 is 19.1 Å². The molecule has 0 unspecified atom stereocenters. The first kappa shape index (κ1) is 23.3. The van der Waals surface area contributed by atoms with Gasteiger partial charge < -0.3 is 19.9 Å². The number of carbonyl (C=O) groups is 3. The molecule has 0 bridgehead atoms. The molecule has 4 rings (SSSR count). The molecule has 1 fully saturated rings. The highest BCUT2D eigenvalue weighted by Crippen LogP contribution is 2.29. The molecule has 176 valence electrons. The maximum absolute atomic E-state index is 13.2. The Labute approximate surface area is 199 Å². The van der Waals surface area contributed by atoms with E-state index >= 15 is 0 Å². The number of fused-ring (bicyclic) bond motifs is 1. The van der Waals surface area contributed by atoms with Crippen LogP contribution in [0.1, 0.15) is 33.6 Å². The first-order chi connectivity index (χ1) is 16.4. The fourth-order valence-corrected chi connectivity index (χ4v) is 4.36. The second-order valence-corrected chi connectivity index (χ2v) is 8.70. The zero-order valence-corrected chi connectivity index (χ0v) is 19.7. The summed E-state index contributed by atoms with van der Waals surface area (Å²) < 4.78 is 5.37. The van der Waals surface area contributed by atoms with E-state index in [1.165, 1.54) is 12.0 Å². The fraction of sp³-hybridized carbons (Fsp3) is 0.296. The molecule has 1 aliphatic rings. The minimum atomic E-state index is -0.227. The van der Waals surface area contributed by atoms with Gasteiger partial charge in [0.2, 0.25) is 5.91 Å². The molecular formula is C27H29N3O4. The van der Waals surface area contributed by atoms with Gasteiger partial charge in [-0.05, 0) is 47.9 Å². The lowest BCUT2D eigenvalue weighted by molar-refractivity contribution is -0.121. The summed E-state index contributed by atoms with van der Waals surface area (Å²) in [6.45, 7) is 1.02. The number of methoxy groups -OCH3 is 1. The van der Waals surface area contributed by atoms with E-state index in [0.717, 1.165) is 10.8 Å². The van der Waals surface area contributed by atoms with Gasteiger partial charge >= 0.3 is 0 Å². The number of benzene rings is 3. The number of anilines is 1. The van der Waals surface area contributed by atoms with E-state index < -0.39 is 0 Å². The molecule has 0 atom stereocenters. The minimum absolute atomic E-state index is 0.00720. The molecule has 34 heavy (non-hydrogen) atoms. The molecule has 1 N–H and O–H groups in total. The van der Waals surface area contributed by atoms with Crippen LogP contribution in [0.3, 0.4) is 0 Å². The molecule has 7 heteroatoms. The molecular weight excluding hydrogens is 430 g/mol. The molecule has 3 aromatic carbocycles. The second kappa shape index (κ2) is 9.95. The molecule has 0 spiro atoms. The van der Waals surface area contributed by atoms with Crippen LogP contribution < -0.4 is 10.1 Å². The number of likely N-dealkylation sites (tertiary alicyclic amines) is 1. The molecule has 1 saturated heterocycles. The minimum Gasteiger partial charge on any atom is -0.495 e. The molecule has 1 aliphatic heterocycles. The normalized spacial score (nSPS) is 14.0. The Kier molecular flexibility index (Phi) is 6.82. The number of piperidine rings is 1. The van der Waals surface area contributed by atoms with Crippen molar-refractivity contribution in [3.63, 3.8) is 0 Å². The summed E-state index contributed by atoms with van der Waals surface area (Å²) in [7, 11) is 4.88. The highest BCUT2D eigenvalue weighted by Gasteiger charge is 2.29. The van der Waals surface area contributed by atoms with Gasteiger partial charge in [-0.25, -0.2) is 0 Å². The third-order valence-electron chi connectivity index (χ3n) is 6.28. The predicted molar refractivity (Wildman–Crippen MR) is 132 cm³/mol. The van der Waals surface area contributed by atoms with Crippen LogP contribution in [0.15, 0.2) is 60.7 Å². The van der Waals surface area contributed by atoms with Crippen LogP contribution in [0.2, 0.25) is 0 Å². The van der Waals surface area contributed by atoms with Crippen molar-refractivity contribution in [1.82, 2.24) is 9.80 Å². The van der Waals surface area contributed by atoms with Crippen molar-refractivity contribution in [1.29, 1.82) is 0 Å². The highest BCUT2D eigenvalue weighted by molar-refractivity contribution is 6.07. The van der Waals surface area contributed by atoms with E-state index in [-0.39, 0.29) is 23.6 Å². The van der Waals surface area contributed by atoms with Crippen LogP contribution >= 0.6 is 0 Å². The summed E-state index contributed by atoms with van der Waals surface area (Å²) in [6, 6.07) is 18.6. The Morgan fingerprint density at radius 1 is 0.971 bits per heavy atom. The average Bonchev–Trinajstić information content (AvgIpc) is 2.87. The quantitative estimate of drug-likeness (QED) is 0.625. The first-order valence-electron chi connectivity index (χ1n) is 11.4. The fourth-order valence-electron chi connectivity index (χ4n) is 4.36. The molecule has 0 aliphatic carbocycles. The number of rotatable bonds is 5. The van der Waals surface area contributed by atoms with Crippen molar-refractivity contribution in [3.8, 4) is 5.75 Å². The van der Waals surface area contributed by atoms with E-state index in [1.807, 2.05) is 47.4 Å². The van der Waals surface area contributed by atoms with Crippen molar-refractivity contribution in [2.75, 3.05) is 39.6 Å². The van der Waals surface area contributed by atoms with Crippen LogP contribution in [0.5, 0.6) is 5.75 Å². The maximum atomic E-state index is 13.2. The largest absolute Gasteiger partial charge is 0.495 e. The van der Waals surface area contributed by atoms with Crippen LogP contribution in [0, 0.1) is 5.92 Å². The average molecular weight is 460 g/mol. The Bertz CT molecular complexity index is 1220. The summed E-state index contributed by atoms with van der Waals surface area (Å²) in [4.78, 5) is 41.8. The number of carbonyl (C=O) groups excluding carboxylic acids is 3. The van der Waals surface area contributed by atoms with Crippen LogP contribution in [-0.2, 0) is 4.79 Å². The summed E-state index contributed by atoms with van der Waals surface area (Å²) in [6.07, 6.45) is 1.14. The van der Waals surface area contributed by atoms with Crippen molar-refractivity contribution in [3.05, 3.63) is 71.8 Å². The van der Waals surface area contributed by atoms with E-state index in [9.17, 15) is 14.4 Å². The lowest BCUT2D eigenvalue weighted by Crippen LogP contribution is -2.41. The number of hydrogen-bond donors (Lipinski definition) is 1. The Hall–Kier alpha value is -3.87. The zero-order valence-electron chi connectivity index (χ0n) is 19.7. The van der Waals surface area contributed by atoms with Gasteiger partial charge in [0.25, 0.3) is 11.8 Å². The number of nitrogens with one attached hydrogen (secondary N) is 1. The first-order valence-corrected chi connectivity index (χ1v) is 11.4. The summed E-state index contributed by atoms with van der Waals surface area (Å²) in [5, 5.41) is 4.90. The number of amides is 3. The van der Waals surface area contributed by atoms with Crippen LogP contribution in [-0.4, -0.2) is 61.8 Å². The summed E-state index contributed by atoms with van der Waals surface area (Å²) in [5.74, 6) is -0.0302. The van der Waals surface area contributed by atoms with Gasteiger partial charge in [0, 0.05) is 44.2 Å². The Morgan fingerprint density at radius 3 is 2.38 bits per heavy atom. The molecule has 3 amide bonds. The SMILES string of the molecule is COc1ccc(C(=O)N(C)C)cc1NC(=O)C1CCN(C(=O)c2cccc3ccccc23)CC1. The van der Waals surface area contributed by atoms with E-state index in [2.05, 4.69) is 5.32 Å². The molecule has 3 aromatic rings. The molecule has 0 radical (unpaired) electrons. The maximum Gasteiger partial charge on any atom is 0.254 e. The zero-order chi connectivity index (χ0) is 24.2. The molecule has 0 saturated carbocycles. The topological polar surface area (TPSA) is 79.0 Å². The second-order valence-electron chi connectivity index (χ2n) is 8.70. The number of nitrogens with zero attached hydrogens (tertiary/aromatic N) is 2. The predicted octanol–water partition coefficient (Wildman–Crippen LogP) is 4.04. The number of hydrogen-bond acceptors (Lipinski definition) is 4. The summed E-state index contributed by atoms with van der Waals surface area (Å²) >= 11 is 0. The third-order valence-corrected chi connectivity index (χ3v) is 6.28. The van der Waals surface area contributed by atoms with Crippen LogP contribution in [0.4, 0.5) is 5.69 Å². The van der Waals surface area contributed by atoms with Gasteiger partial charge in [-0.1, -0.05) is 36.4 Å². The van der Waals surface area contributed by atoms with Crippen molar-refractivity contribution in [2.45, 2.75) is 12.8 Å². The monoisotopic (exact) mass is 459 g/mol. The smallest absolute Gasteiger partial charge is 0.254 e. The highest BCUT2D eigenvalue weighted by atomic mass is 16.5.